The third kappa shape index (κ3) is 6.54. The molecular weight excluding hydrogens is 126 g/mol. The molecule has 0 heterocycles. The summed E-state index contributed by atoms with van der Waals surface area (Å²) in [5.74, 6) is 0. The van der Waals surface area contributed by atoms with Gasteiger partial charge in [0, 0.05) is 0 Å². The highest BCUT2D eigenvalue weighted by molar-refractivity contribution is 5.72. The summed E-state index contributed by atoms with van der Waals surface area (Å²) in [7, 11) is 0. The third-order valence-corrected chi connectivity index (χ3v) is 0.502. The summed E-state index contributed by atoms with van der Waals surface area (Å²) in [6, 6.07) is -0.760. The van der Waals surface area contributed by atoms with Gasteiger partial charge in [0.2, 0.25) is 0 Å². The van der Waals surface area contributed by atoms with Gasteiger partial charge in [-0.25, -0.2) is 9.59 Å². The molecule has 3 amide bonds. The molecule has 0 bridgehead atoms. The molecule has 0 saturated carbocycles. The number of hydrogen-bond donors (Lipinski definition) is 4. The monoisotopic (exact) mass is 133 g/mol. The summed E-state index contributed by atoms with van der Waals surface area (Å²) in [4.78, 5) is 19.5. The Morgan fingerprint density at radius 2 is 2.00 bits per heavy atom. The first-order valence-electron chi connectivity index (χ1n) is 2.13. The maximum atomic E-state index is 9.86. The number of nitrogens with two attached hydrogens (primary N) is 1. The van der Waals surface area contributed by atoms with E-state index in [1.54, 1.807) is 0 Å². The predicted molar refractivity (Wildman–Crippen MR) is 28.7 cm³/mol. The number of primary amides is 1. The predicted octanol–water partition coefficient (Wildman–Crippen LogP) is -1.12. The van der Waals surface area contributed by atoms with Crippen molar-refractivity contribution in [2.45, 2.75) is 0 Å². The van der Waals surface area contributed by atoms with E-state index in [1.165, 1.54) is 0 Å². The average molecular weight is 133 g/mol. The molecule has 0 fully saturated rings. The molecule has 5 N–H and O–H groups in total. The SMILES string of the molecule is NC(=O)NCNC(=O)O. The Labute approximate surface area is 51.0 Å². The summed E-state index contributed by atoms with van der Waals surface area (Å²) in [6.45, 7) is -0.162. The van der Waals surface area contributed by atoms with Gasteiger partial charge in [0.15, 0.2) is 0 Å². The zero-order chi connectivity index (χ0) is 7.28. The lowest BCUT2D eigenvalue weighted by atomic mass is 10.9. The molecule has 0 rings (SSSR count). The molecule has 0 saturated heterocycles. The quantitative estimate of drug-likeness (QED) is 0.358. The van der Waals surface area contributed by atoms with Crippen molar-refractivity contribution in [2.75, 3.05) is 6.67 Å². The second kappa shape index (κ2) is 3.53. The van der Waals surface area contributed by atoms with E-state index < -0.39 is 12.1 Å². The van der Waals surface area contributed by atoms with Crippen LogP contribution in [0.1, 0.15) is 0 Å². The number of nitrogens with one attached hydrogen (secondary N) is 2. The Morgan fingerprint density at radius 1 is 1.44 bits per heavy atom. The Bertz CT molecular complexity index is 109. The van der Waals surface area contributed by atoms with E-state index in [2.05, 4.69) is 5.73 Å². The molecule has 6 nitrogen and oxygen atoms in total. The van der Waals surface area contributed by atoms with Crippen LogP contribution in [0.5, 0.6) is 0 Å². The Balaban J connectivity index is 3.10. The fraction of sp³-hybridized carbons (Fsp3) is 0.333. The van der Waals surface area contributed by atoms with Gasteiger partial charge in [-0.1, -0.05) is 0 Å². The van der Waals surface area contributed by atoms with Crippen LogP contribution in [-0.4, -0.2) is 23.9 Å². The van der Waals surface area contributed by atoms with Crippen LogP contribution in [0.3, 0.4) is 0 Å². The van der Waals surface area contributed by atoms with Crippen molar-refractivity contribution in [3.05, 3.63) is 0 Å². The molecule has 0 aliphatic rings. The molecule has 0 aromatic carbocycles. The first kappa shape index (κ1) is 7.54. The van der Waals surface area contributed by atoms with E-state index in [4.69, 9.17) is 5.11 Å². The number of carboxylic acid groups (broad SMARTS) is 1. The van der Waals surface area contributed by atoms with Gasteiger partial charge in [-0.3, -0.25) is 0 Å². The van der Waals surface area contributed by atoms with Crippen molar-refractivity contribution in [1.29, 1.82) is 0 Å². The van der Waals surface area contributed by atoms with Crippen molar-refractivity contribution in [3.8, 4) is 0 Å². The number of carbonyl (C=O) groups is 2. The average Bonchev–Trinajstić information content (AvgIpc) is 1.63. The molecule has 0 radical (unpaired) electrons. The number of amides is 3. The molecule has 0 aromatic heterocycles. The van der Waals surface area contributed by atoms with E-state index in [0.717, 1.165) is 0 Å². The van der Waals surface area contributed by atoms with Crippen LogP contribution in [0.25, 0.3) is 0 Å². The van der Waals surface area contributed by atoms with Crippen LogP contribution in [0.4, 0.5) is 9.59 Å². The topological polar surface area (TPSA) is 104 Å². The molecule has 9 heavy (non-hydrogen) atoms. The van der Waals surface area contributed by atoms with Crippen LogP contribution in [0.2, 0.25) is 0 Å². The normalized spacial score (nSPS) is 8.00. The van der Waals surface area contributed by atoms with Crippen molar-refractivity contribution < 1.29 is 14.7 Å². The lowest BCUT2D eigenvalue weighted by Crippen LogP contribution is -2.39. The van der Waals surface area contributed by atoms with E-state index in [-0.39, 0.29) is 6.67 Å². The number of urea groups is 1. The van der Waals surface area contributed by atoms with E-state index >= 15 is 0 Å². The van der Waals surface area contributed by atoms with Crippen LogP contribution >= 0.6 is 0 Å². The summed E-state index contributed by atoms with van der Waals surface area (Å²) in [5, 5.41) is 11.8. The molecule has 6 heteroatoms. The highest BCUT2D eigenvalue weighted by Gasteiger charge is 1.92. The largest absolute Gasteiger partial charge is 0.465 e. The van der Waals surface area contributed by atoms with Crippen LogP contribution in [0, 0.1) is 0 Å². The summed E-state index contributed by atoms with van der Waals surface area (Å²) >= 11 is 0. The van der Waals surface area contributed by atoms with Gasteiger partial charge in [0.1, 0.15) is 0 Å². The van der Waals surface area contributed by atoms with E-state index in [9.17, 15) is 9.59 Å². The summed E-state index contributed by atoms with van der Waals surface area (Å²) < 4.78 is 0. The fourth-order valence-corrected chi connectivity index (χ4v) is 0.207. The summed E-state index contributed by atoms with van der Waals surface area (Å²) in [5.41, 5.74) is 4.60. The minimum absolute atomic E-state index is 0.162. The smallest absolute Gasteiger partial charge is 0.406 e. The highest BCUT2D eigenvalue weighted by Crippen LogP contribution is 1.56. The lowest BCUT2D eigenvalue weighted by Gasteiger charge is -1.98. The first-order valence-corrected chi connectivity index (χ1v) is 2.13. The Kier molecular flexibility index (Phi) is 2.96. The van der Waals surface area contributed by atoms with Gasteiger partial charge < -0.3 is 21.5 Å². The maximum absolute atomic E-state index is 9.86. The van der Waals surface area contributed by atoms with E-state index in [1.807, 2.05) is 10.6 Å². The number of hydrogen-bond acceptors (Lipinski definition) is 2. The molecule has 0 aliphatic heterocycles. The number of carbonyl (C=O) groups excluding carboxylic acids is 1. The van der Waals surface area contributed by atoms with Gasteiger partial charge >= 0.3 is 12.1 Å². The minimum Gasteiger partial charge on any atom is -0.465 e. The molecule has 0 aromatic rings. The molecule has 0 spiro atoms. The minimum atomic E-state index is -1.20. The van der Waals surface area contributed by atoms with Gasteiger partial charge in [-0.15, -0.1) is 0 Å². The van der Waals surface area contributed by atoms with Gasteiger partial charge in [0.25, 0.3) is 0 Å². The second-order valence-electron chi connectivity index (χ2n) is 1.20. The highest BCUT2D eigenvalue weighted by atomic mass is 16.4. The zero-order valence-corrected chi connectivity index (χ0v) is 4.55. The zero-order valence-electron chi connectivity index (χ0n) is 4.55. The van der Waals surface area contributed by atoms with Gasteiger partial charge in [-0.05, 0) is 0 Å². The molecule has 0 atom stereocenters. The van der Waals surface area contributed by atoms with Crippen LogP contribution < -0.4 is 16.4 Å². The molecule has 0 unspecified atom stereocenters. The van der Waals surface area contributed by atoms with Crippen molar-refractivity contribution in [3.63, 3.8) is 0 Å². The van der Waals surface area contributed by atoms with E-state index in [0.29, 0.717) is 0 Å². The van der Waals surface area contributed by atoms with Crippen molar-refractivity contribution in [2.24, 2.45) is 5.73 Å². The maximum Gasteiger partial charge on any atom is 0.406 e. The van der Waals surface area contributed by atoms with Gasteiger partial charge in [0.05, 0.1) is 6.67 Å². The first-order chi connectivity index (χ1) is 4.13. The van der Waals surface area contributed by atoms with Crippen molar-refractivity contribution >= 4 is 12.1 Å². The van der Waals surface area contributed by atoms with Crippen molar-refractivity contribution in [1.82, 2.24) is 10.6 Å². The van der Waals surface area contributed by atoms with Crippen LogP contribution in [0.15, 0.2) is 0 Å². The Hall–Kier alpha value is -1.46. The standard InChI is InChI=1S/C3H7N3O3/c4-2(7)5-1-6-3(8)9/h6H,1H2,(H,8,9)(H3,4,5,7). The third-order valence-electron chi connectivity index (χ3n) is 0.502. The number of rotatable bonds is 2. The molecule has 52 valence electrons. The van der Waals surface area contributed by atoms with Crippen LogP contribution in [-0.2, 0) is 0 Å². The Morgan fingerprint density at radius 3 is 2.33 bits per heavy atom. The van der Waals surface area contributed by atoms with Gasteiger partial charge in [-0.2, -0.15) is 0 Å². The molecule has 0 aliphatic carbocycles. The lowest BCUT2D eigenvalue weighted by molar-refractivity contribution is 0.193. The fourth-order valence-electron chi connectivity index (χ4n) is 0.207. The second-order valence-corrected chi connectivity index (χ2v) is 1.20. The summed E-state index contributed by atoms with van der Waals surface area (Å²) in [6.07, 6.45) is -1.20. The molecular formula is C3H7N3O3.